The summed E-state index contributed by atoms with van der Waals surface area (Å²) < 4.78 is 7.61. The van der Waals surface area contributed by atoms with Crippen LogP contribution in [0.25, 0.3) is 27.8 Å². The Kier molecular flexibility index (Phi) is 5.88. The highest BCUT2D eigenvalue weighted by Crippen LogP contribution is 2.33. The van der Waals surface area contributed by atoms with Crippen LogP contribution in [0.1, 0.15) is 26.2 Å². The Morgan fingerprint density at radius 2 is 2.08 bits per heavy atom. The number of ether oxygens (including phenoxy) is 1. The van der Waals surface area contributed by atoms with Gasteiger partial charge in [0.05, 0.1) is 25.1 Å². The van der Waals surface area contributed by atoms with Crippen molar-refractivity contribution in [3.8, 4) is 11.4 Å². The quantitative estimate of drug-likeness (QED) is 0.426. The van der Waals surface area contributed by atoms with Crippen molar-refractivity contribution in [2.75, 3.05) is 48.9 Å². The summed E-state index contributed by atoms with van der Waals surface area (Å²) in [6.07, 6.45) is 8.51. The molecule has 1 saturated heterocycles. The molecule has 0 aromatic carbocycles. The third-order valence-electron chi connectivity index (χ3n) is 7.04. The molecule has 2 aliphatic rings. The lowest BCUT2D eigenvalue weighted by Gasteiger charge is -2.24. The van der Waals surface area contributed by atoms with Gasteiger partial charge >= 0.3 is 0 Å². The van der Waals surface area contributed by atoms with Crippen molar-refractivity contribution in [3.63, 3.8) is 0 Å². The van der Waals surface area contributed by atoms with Crippen molar-refractivity contribution in [2.45, 2.75) is 26.2 Å². The third kappa shape index (κ3) is 4.32. The lowest BCUT2D eigenvalue weighted by molar-refractivity contribution is -0.117. The Balaban J connectivity index is 1.38. The number of hydrogen-bond donors (Lipinski definition) is 2. The minimum Gasteiger partial charge on any atom is -0.379 e. The van der Waals surface area contributed by atoms with Crippen LogP contribution in [-0.2, 0) is 9.53 Å². The van der Waals surface area contributed by atoms with Crippen LogP contribution < -0.4 is 15.5 Å². The monoisotopic (exact) mass is 486 g/mol. The Hall–Kier alpha value is -3.79. The molecule has 4 aromatic heterocycles. The van der Waals surface area contributed by atoms with Crippen LogP contribution in [0, 0.1) is 11.8 Å². The van der Waals surface area contributed by atoms with Crippen LogP contribution in [0.2, 0.25) is 0 Å². The molecule has 5 heterocycles. The molecule has 1 atom stereocenters. The van der Waals surface area contributed by atoms with Crippen molar-refractivity contribution in [3.05, 3.63) is 36.8 Å². The van der Waals surface area contributed by atoms with Gasteiger partial charge in [-0.2, -0.15) is 0 Å². The number of pyridine rings is 3. The zero-order chi connectivity index (χ0) is 24.6. The summed E-state index contributed by atoms with van der Waals surface area (Å²) in [5.41, 5.74) is 2.65. The SMILES string of the molecule is CCC1COCCN(c2ccc3nc(-c4cnc(NC)c5cnc(NC(=O)C6CC6)cc45)nn3c2)C1. The minimum absolute atomic E-state index is 0.0221. The van der Waals surface area contributed by atoms with Crippen LogP contribution in [0.5, 0.6) is 0 Å². The maximum absolute atomic E-state index is 12.3. The van der Waals surface area contributed by atoms with Gasteiger partial charge in [-0.1, -0.05) is 6.92 Å². The Labute approximate surface area is 209 Å². The summed E-state index contributed by atoms with van der Waals surface area (Å²) in [4.78, 5) is 28.5. The molecule has 4 aromatic rings. The molecule has 0 radical (unpaired) electrons. The van der Waals surface area contributed by atoms with Crippen LogP contribution >= 0.6 is 0 Å². The first-order valence-electron chi connectivity index (χ1n) is 12.6. The van der Waals surface area contributed by atoms with Crippen LogP contribution in [0.15, 0.2) is 36.8 Å². The van der Waals surface area contributed by atoms with Gasteiger partial charge in [0.1, 0.15) is 11.6 Å². The topological polar surface area (TPSA) is 110 Å². The molecule has 1 aliphatic heterocycles. The first-order valence-corrected chi connectivity index (χ1v) is 12.6. The van der Waals surface area contributed by atoms with Gasteiger partial charge in [0, 0.05) is 54.8 Å². The molecule has 0 bridgehead atoms. The molecule has 10 nitrogen and oxygen atoms in total. The maximum atomic E-state index is 12.3. The average molecular weight is 487 g/mol. The molecule has 10 heteroatoms. The van der Waals surface area contributed by atoms with E-state index in [4.69, 9.17) is 14.8 Å². The number of amides is 1. The molecule has 0 spiro atoms. The van der Waals surface area contributed by atoms with Crippen molar-refractivity contribution >= 4 is 39.6 Å². The summed E-state index contributed by atoms with van der Waals surface area (Å²) >= 11 is 0. The van der Waals surface area contributed by atoms with E-state index in [0.29, 0.717) is 23.4 Å². The molecule has 186 valence electrons. The summed E-state index contributed by atoms with van der Waals surface area (Å²) in [6.45, 7) is 5.56. The first kappa shape index (κ1) is 22.7. The van der Waals surface area contributed by atoms with Crippen LogP contribution in [-0.4, -0.2) is 63.8 Å². The van der Waals surface area contributed by atoms with Crippen molar-refractivity contribution in [2.24, 2.45) is 11.8 Å². The Morgan fingerprint density at radius 3 is 2.89 bits per heavy atom. The first-order chi connectivity index (χ1) is 17.6. The van der Waals surface area contributed by atoms with E-state index >= 15 is 0 Å². The van der Waals surface area contributed by atoms with Gasteiger partial charge < -0.3 is 20.3 Å². The van der Waals surface area contributed by atoms with E-state index in [9.17, 15) is 4.79 Å². The lowest BCUT2D eigenvalue weighted by atomic mass is 10.1. The number of rotatable bonds is 6. The van der Waals surface area contributed by atoms with E-state index in [-0.39, 0.29) is 11.8 Å². The number of fused-ring (bicyclic) bond motifs is 2. The Bertz CT molecular complexity index is 1430. The Morgan fingerprint density at radius 1 is 1.19 bits per heavy atom. The predicted octanol–water partition coefficient (Wildman–Crippen LogP) is 3.59. The van der Waals surface area contributed by atoms with Crippen molar-refractivity contribution in [1.29, 1.82) is 0 Å². The maximum Gasteiger partial charge on any atom is 0.228 e. The molecule has 2 fully saturated rings. The lowest BCUT2D eigenvalue weighted by Crippen LogP contribution is -2.29. The minimum atomic E-state index is 0.0221. The second-order valence-corrected chi connectivity index (χ2v) is 9.57. The van der Waals surface area contributed by atoms with E-state index < -0.39 is 0 Å². The van der Waals surface area contributed by atoms with Gasteiger partial charge in [-0.3, -0.25) is 4.79 Å². The molecule has 1 aliphatic carbocycles. The number of hydrogen-bond acceptors (Lipinski definition) is 8. The standard InChI is InChI=1S/C26H30N8O2/c1-3-16-13-33(8-9-36-15-16)18-6-7-23-31-25(32-34(23)14-18)21-12-29-24(27-2)20-11-28-22(10-19(20)21)30-26(35)17-4-5-17/h6-7,10-12,14,16-17H,3-5,8-9,13,15H2,1-2H3,(H,27,29)(H,28,30,35). The molecule has 1 unspecified atom stereocenters. The highest BCUT2D eigenvalue weighted by atomic mass is 16.5. The van der Waals surface area contributed by atoms with Gasteiger partial charge in [-0.15, -0.1) is 5.10 Å². The van der Waals surface area contributed by atoms with Gasteiger partial charge in [0.15, 0.2) is 11.5 Å². The normalized spacial score (nSPS) is 18.4. The van der Waals surface area contributed by atoms with Crippen molar-refractivity contribution < 1.29 is 9.53 Å². The van der Waals surface area contributed by atoms with Gasteiger partial charge in [0.25, 0.3) is 0 Å². The van der Waals surface area contributed by atoms with E-state index in [1.165, 1.54) is 0 Å². The van der Waals surface area contributed by atoms with E-state index in [2.05, 4.69) is 38.5 Å². The number of carbonyl (C=O) groups is 1. The van der Waals surface area contributed by atoms with E-state index in [0.717, 1.165) is 73.2 Å². The molecular formula is C26H30N8O2. The molecular weight excluding hydrogens is 456 g/mol. The second-order valence-electron chi connectivity index (χ2n) is 9.57. The zero-order valence-corrected chi connectivity index (χ0v) is 20.6. The number of nitrogens with zero attached hydrogens (tertiary/aromatic N) is 6. The fourth-order valence-corrected chi connectivity index (χ4v) is 4.69. The number of nitrogens with one attached hydrogen (secondary N) is 2. The fraction of sp³-hybridized carbons (Fsp3) is 0.423. The number of anilines is 3. The largest absolute Gasteiger partial charge is 0.379 e. The van der Waals surface area contributed by atoms with Crippen LogP contribution in [0.4, 0.5) is 17.3 Å². The van der Waals surface area contributed by atoms with Gasteiger partial charge in [0.2, 0.25) is 5.91 Å². The van der Waals surface area contributed by atoms with Crippen LogP contribution in [0.3, 0.4) is 0 Å². The average Bonchev–Trinajstić information content (AvgIpc) is 3.71. The third-order valence-corrected chi connectivity index (χ3v) is 7.04. The van der Waals surface area contributed by atoms with Gasteiger partial charge in [-0.05, 0) is 43.4 Å². The summed E-state index contributed by atoms with van der Waals surface area (Å²) in [6, 6.07) is 5.98. The number of carbonyl (C=O) groups excluding carboxylic acids is 1. The molecule has 36 heavy (non-hydrogen) atoms. The molecule has 2 N–H and O–H groups in total. The molecule has 6 rings (SSSR count). The highest BCUT2D eigenvalue weighted by molar-refractivity contribution is 6.03. The van der Waals surface area contributed by atoms with E-state index in [1.54, 1.807) is 12.4 Å². The van der Waals surface area contributed by atoms with E-state index in [1.807, 2.05) is 29.9 Å². The summed E-state index contributed by atoms with van der Waals surface area (Å²) in [7, 11) is 1.83. The van der Waals surface area contributed by atoms with Gasteiger partial charge in [-0.25, -0.2) is 19.5 Å². The molecule has 1 saturated carbocycles. The highest BCUT2D eigenvalue weighted by Gasteiger charge is 2.30. The fourth-order valence-electron chi connectivity index (χ4n) is 4.69. The smallest absolute Gasteiger partial charge is 0.228 e. The zero-order valence-electron chi connectivity index (χ0n) is 20.6. The summed E-state index contributed by atoms with van der Waals surface area (Å²) in [5.74, 6) is 2.44. The number of aromatic nitrogens is 5. The second kappa shape index (κ2) is 9.34. The predicted molar refractivity (Wildman–Crippen MR) is 139 cm³/mol. The van der Waals surface area contributed by atoms with Crippen molar-refractivity contribution in [1.82, 2.24) is 24.6 Å². The molecule has 1 amide bonds. The summed E-state index contributed by atoms with van der Waals surface area (Å²) in [5, 5.41) is 12.6.